The average molecular weight is 473 g/mol. The minimum atomic E-state index is -3.70. The lowest BCUT2D eigenvalue weighted by Crippen LogP contribution is -2.45. The van der Waals surface area contributed by atoms with Crippen LogP contribution in [0.3, 0.4) is 0 Å². The van der Waals surface area contributed by atoms with Crippen molar-refractivity contribution in [2.24, 2.45) is 5.92 Å². The van der Waals surface area contributed by atoms with E-state index in [1.807, 2.05) is 24.3 Å². The van der Waals surface area contributed by atoms with E-state index >= 15 is 0 Å². The van der Waals surface area contributed by atoms with Gasteiger partial charge >= 0.3 is 0 Å². The van der Waals surface area contributed by atoms with E-state index in [9.17, 15) is 13.5 Å². The minimum absolute atomic E-state index is 0.145. The second kappa shape index (κ2) is 11.1. The quantitative estimate of drug-likeness (QED) is 0.615. The van der Waals surface area contributed by atoms with Crippen LogP contribution in [0.15, 0.2) is 53.4 Å². The van der Waals surface area contributed by atoms with E-state index in [0.717, 1.165) is 57.3 Å². The van der Waals surface area contributed by atoms with Gasteiger partial charge in [-0.2, -0.15) is 4.31 Å². The fourth-order valence-electron chi connectivity index (χ4n) is 5.19. The van der Waals surface area contributed by atoms with Crippen LogP contribution >= 0.6 is 0 Å². The summed E-state index contributed by atoms with van der Waals surface area (Å²) in [7, 11) is -3.70. The van der Waals surface area contributed by atoms with Crippen LogP contribution in [-0.4, -0.2) is 66.7 Å². The topological polar surface area (TPSA) is 81.1 Å². The molecule has 2 aromatic rings. The molecule has 0 spiro atoms. The normalized spacial score (nSPS) is 21.3. The van der Waals surface area contributed by atoms with E-state index in [4.69, 9.17) is 5.11 Å². The lowest BCUT2D eigenvalue weighted by atomic mass is 9.93. The molecule has 0 amide bonds. The Morgan fingerprint density at radius 3 is 2.30 bits per heavy atom. The number of likely N-dealkylation sites (tertiary alicyclic amines) is 1. The van der Waals surface area contributed by atoms with Crippen molar-refractivity contribution in [3.8, 4) is 11.1 Å². The van der Waals surface area contributed by atoms with Gasteiger partial charge in [-0.3, -0.25) is 4.90 Å². The SMILES string of the molecule is O=S(=O)(c1ccccc1-c1ccc(CN2CCC(CCO)CC2)cc1)N1CCCC[C@@H]1CO. The Morgan fingerprint density at radius 1 is 0.879 bits per heavy atom. The van der Waals surface area contributed by atoms with Crippen molar-refractivity contribution in [3.63, 3.8) is 0 Å². The van der Waals surface area contributed by atoms with Crippen LogP contribution in [0.1, 0.15) is 44.1 Å². The van der Waals surface area contributed by atoms with Crippen molar-refractivity contribution < 1.29 is 18.6 Å². The van der Waals surface area contributed by atoms with Crippen LogP contribution in [0.5, 0.6) is 0 Å². The first-order chi connectivity index (χ1) is 16.0. The molecule has 7 heteroatoms. The molecule has 0 bridgehead atoms. The Hall–Kier alpha value is -1.77. The monoisotopic (exact) mass is 472 g/mol. The third-order valence-corrected chi connectivity index (χ3v) is 9.18. The summed E-state index contributed by atoms with van der Waals surface area (Å²) in [5.74, 6) is 0.636. The van der Waals surface area contributed by atoms with Gasteiger partial charge in [-0.1, -0.05) is 48.9 Å². The molecule has 2 aliphatic rings. The second-order valence-corrected chi connectivity index (χ2v) is 11.2. The Bertz CT molecular complexity index is 1000. The number of aliphatic hydroxyl groups is 2. The number of nitrogens with zero attached hydrogens (tertiary/aromatic N) is 2. The maximum Gasteiger partial charge on any atom is 0.244 e. The predicted molar refractivity (Wildman–Crippen MR) is 130 cm³/mol. The molecule has 6 nitrogen and oxygen atoms in total. The van der Waals surface area contributed by atoms with Gasteiger partial charge in [0, 0.05) is 31.3 Å². The van der Waals surface area contributed by atoms with Crippen molar-refractivity contribution in [1.29, 1.82) is 0 Å². The van der Waals surface area contributed by atoms with Gasteiger partial charge in [-0.25, -0.2) is 8.42 Å². The van der Waals surface area contributed by atoms with E-state index in [1.54, 1.807) is 12.1 Å². The molecule has 2 N–H and O–H groups in total. The summed E-state index contributed by atoms with van der Waals surface area (Å²) in [6.45, 7) is 3.58. The molecule has 0 unspecified atom stereocenters. The Morgan fingerprint density at radius 2 is 1.61 bits per heavy atom. The molecule has 1 atom stereocenters. The van der Waals surface area contributed by atoms with Gasteiger partial charge in [0.05, 0.1) is 11.5 Å². The van der Waals surface area contributed by atoms with Crippen molar-refractivity contribution in [2.45, 2.75) is 56.0 Å². The van der Waals surface area contributed by atoms with Crippen molar-refractivity contribution in [2.75, 3.05) is 32.8 Å². The van der Waals surface area contributed by atoms with Crippen LogP contribution in [0.25, 0.3) is 11.1 Å². The van der Waals surface area contributed by atoms with E-state index in [0.29, 0.717) is 29.3 Å². The lowest BCUT2D eigenvalue weighted by molar-refractivity contribution is 0.153. The fraction of sp³-hybridized carbons (Fsp3) is 0.538. The third-order valence-electron chi connectivity index (χ3n) is 7.17. The summed E-state index contributed by atoms with van der Waals surface area (Å²) in [4.78, 5) is 2.76. The summed E-state index contributed by atoms with van der Waals surface area (Å²) in [6.07, 6.45) is 5.64. The van der Waals surface area contributed by atoms with Crippen LogP contribution in [0.2, 0.25) is 0 Å². The third kappa shape index (κ3) is 5.66. The molecule has 2 heterocycles. The molecule has 2 saturated heterocycles. The average Bonchev–Trinajstić information content (AvgIpc) is 2.86. The van der Waals surface area contributed by atoms with Gasteiger partial charge in [0.1, 0.15) is 0 Å². The first kappa shape index (κ1) is 24.4. The van der Waals surface area contributed by atoms with Gasteiger partial charge in [-0.15, -0.1) is 0 Å². The Kier molecular flexibility index (Phi) is 8.20. The molecule has 33 heavy (non-hydrogen) atoms. The van der Waals surface area contributed by atoms with Gasteiger partial charge in [0.15, 0.2) is 0 Å². The zero-order valence-electron chi connectivity index (χ0n) is 19.3. The summed E-state index contributed by atoms with van der Waals surface area (Å²) in [5.41, 5.74) is 2.81. The zero-order chi connectivity index (χ0) is 23.3. The lowest BCUT2D eigenvalue weighted by Gasteiger charge is -2.34. The number of piperidine rings is 2. The highest BCUT2D eigenvalue weighted by atomic mass is 32.2. The molecular weight excluding hydrogens is 436 g/mol. The van der Waals surface area contributed by atoms with Crippen LogP contribution in [0.4, 0.5) is 0 Å². The molecular formula is C26H36N2O4S. The maximum atomic E-state index is 13.5. The van der Waals surface area contributed by atoms with Gasteiger partial charge in [0.25, 0.3) is 0 Å². The molecule has 2 aliphatic heterocycles. The Labute approximate surface area is 197 Å². The number of rotatable bonds is 8. The van der Waals surface area contributed by atoms with Gasteiger partial charge < -0.3 is 10.2 Å². The highest BCUT2D eigenvalue weighted by Gasteiger charge is 2.34. The molecule has 0 saturated carbocycles. The van der Waals surface area contributed by atoms with Crippen molar-refractivity contribution >= 4 is 10.0 Å². The number of hydrogen-bond donors (Lipinski definition) is 2. The van der Waals surface area contributed by atoms with E-state index in [-0.39, 0.29) is 19.3 Å². The van der Waals surface area contributed by atoms with Crippen molar-refractivity contribution in [3.05, 3.63) is 54.1 Å². The predicted octanol–water partition coefficient (Wildman–Crippen LogP) is 3.48. The Balaban J connectivity index is 1.50. The zero-order valence-corrected chi connectivity index (χ0v) is 20.1. The molecule has 0 radical (unpaired) electrons. The van der Waals surface area contributed by atoms with E-state index in [1.165, 1.54) is 9.87 Å². The van der Waals surface area contributed by atoms with Crippen LogP contribution in [-0.2, 0) is 16.6 Å². The smallest absolute Gasteiger partial charge is 0.244 e. The largest absolute Gasteiger partial charge is 0.396 e. The maximum absolute atomic E-state index is 13.5. The summed E-state index contributed by atoms with van der Waals surface area (Å²) in [5, 5.41) is 18.9. The highest BCUT2D eigenvalue weighted by molar-refractivity contribution is 7.89. The summed E-state index contributed by atoms with van der Waals surface area (Å²) < 4.78 is 28.6. The van der Waals surface area contributed by atoms with E-state index in [2.05, 4.69) is 17.0 Å². The first-order valence-electron chi connectivity index (χ1n) is 12.2. The number of sulfonamides is 1. The molecule has 180 valence electrons. The standard InChI is InChI=1S/C26H36N2O4S/c29-18-14-21-12-16-27(17-13-21)19-22-8-10-23(11-9-22)25-6-1-2-7-26(25)33(31,32)28-15-4-3-5-24(28)20-30/h1-2,6-11,21,24,29-30H,3-5,12-20H2/t24-/m1/s1. The first-order valence-corrected chi connectivity index (χ1v) is 13.6. The van der Waals surface area contributed by atoms with Crippen LogP contribution < -0.4 is 0 Å². The molecule has 4 rings (SSSR count). The summed E-state index contributed by atoms with van der Waals surface area (Å²) >= 11 is 0. The highest BCUT2D eigenvalue weighted by Crippen LogP contribution is 2.33. The number of benzene rings is 2. The van der Waals surface area contributed by atoms with Gasteiger partial charge in [0.2, 0.25) is 10.0 Å². The number of aliphatic hydroxyl groups excluding tert-OH is 2. The molecule has 0 aliphatic carbocycles. The van der Waals surface area contributed by atoms with E-state index < -0.39 is 10.0 Å². The minimum Gasteiger partial charge on any atom is -0.396 e. The molecule has 0 aromatic heterocycles. The second-order valence-electron chi connectivity index (χ2n) is 9.37. The van der Waals surface area contributed by atoms with Crippen molar-refractivity contribution in [1.82, 2.24) is 9.21 Å². The number of hydrogen-bond acceptors (Lipinski definition) is 5. The fourth-order valence-corrected chi connectivity index (χ4v) is 7.09. The summed E-state index contributed by atoms with van der Waals surface area (Å²) in [6, 6.07) is 15.1. The van der Waals surface area contributed by atoms with Gasteiger partial charge in [-0.05, 0) is 68.3 Å². The molecule has 2 aromatic carbocycles. The molecule has 2 fully saturated rings. The van der Waals surface area contributed by atoms with Crippen LogP contribution in [0, 0.1) is 5.92 Å².